The molecule has 1 aliphatic rings. The van der Waals surface area contributed by atoms with Crippen LogP contribution < -0.4 is 4.74 Å². The number of fused-ring (bicyclic) bond motifs is 1. The minimum atomic E-state index is -0.494. The van der Waals surface area contributed by atoms with E-state index in [1.807, 2.05) is 12.1 Å². The Labute approximate surface area is 175 Å². The third-order valence-electron chi connectivity index (χ3n) is 5.40. The first-order chi connectivity index (χ1) is 14.0. The maximum atomic E-state index is 10.5. The fourth-order valence-electron chi connectivity index (χ4n) is 3.75. The number of hydrogen-bond donors (Lipinski definition) is 1. The number of rotatable bonds is 10. The van der Waals surface area contributed by atoms with Crippen LogP contribution >= 0.6 is 0 Å². The molecule has 29 heavy (non-hydrogen) atoms. The first-order valence-electron chi connectivity index (χ1n) is 10.5. The number of β-amino-alcohol motifs (C(OH)–C–C–N with tert-alkyl or cyclic N) is 1. The third kappa shape index (κ3) is 7.12. The zero-order valence-corrected chi connectivity index (χ0v) is 18.1. The Morgan fingerprint density at radius 1 is 1.03 bits per heavy atom. The van der Waals surface area contributed by atoms with Crippen molar-refractivity contribution >= 4 is 0 Å². The molecule has 1 heterocycles. The molecule has 5 nitrogen and oxygen atoms in total. The second-order valence-corrected chi connectivity index (χ2v) is 8.41. The molecule has 0 saturated carbocycles. The minimum Gasteiger partial charge on any atom is -0.491 e. The van der Waals surface area contributed by atoms with Crippen LogP contribution in [0.15, 0.2) is 48.5 Å². The number of ether oxygens (including phenoxy) is 1. The topological polar surface area (TPSA) is 39.2 Å². The molecule has 1 N–H and O–H groups in total. The molecule has 0 amide bonds. The molecule has 0 radical (unpaired) electrons. The van der Waals surface area contributed by atoms with E-state index in [0.29, 0.717) is 13.2 Å². The van der Waals surface area contributed by atoms with Gasteiger partial charge in [-0.25, -0.2) is 0 Å². The van der Waals surface area contributed by atoms with E-state index in [2.05, 4.69) is 72.2 Å². The van der Waals surface area contributed by atoms with Crippen molar-refractivity contribution in [2.75, 3.05) is 53.9 Å². The van der Waals surface area contributed by atoms with Crippen LogP contribution in [0.1, 0.15) is 16.7 Å². The zero-order valence-electron chi connectivity index (χ0n) is 18.1. The lowest BCUT2D eigenvalue weighted by molar-refractivity contribution is 0.0637. The van der Waals surface area contributed by atoms with Crippen LogP contribution in [0.2, 0.25) is 0 Å². The number of aliphatic hydroxyl groups is 1. The van der Waals surface area contributed by atoms with Gasteiger partial charge in [0.1, 0.15) is 18.5 Å². The van der Waals surface area contributed by atoms with Gasteiger partial charge in [0, 0.05) is 39.3 Å². The Balaban J connectivity index is 1.44. The predicted molar refractivity (Wildman–Crippen MR) is 118 cm³/mol. The van der Waals surface area contributed by atoms with Crippen molar-refractivity contribution < 1.29 is 9.84 Å². The maximum absolute atomic E-state index is 10.5. The molecule has 0 unspecified atom stereocenters. The summed E-state index contributed by atoms with van der Waals surface area (Å²) in [6.45, 7) is 5.81. The van der Waals surface area contributed by atoms with Gasteiger partial charge in [-0.05, 0) is 56.4 Å². The van der Waals surface area contributed by atoms with Crippen LogP contribution in [0.4, 0.5) is 0 Å². The van der Waals surface area contributed by atoms with E-state index in [-0.39, 0.29) is 0 Å². The zero-order chi connectivity index (χ0) is 20.6. The Hall–Kier alpha value is -1.92. The second kappa shape index (κ2) is 10.7. The fourth-order valence-corrected chi connectivity index (χ4v) is 3.75. The van der Waals surface area contributed by atoms with E-state index in [1.54, 1.807) is 0 Å². The molecular weight excluding hydrogens is 362 g/mol. The molecule has 0 saturated heterocycles. The van der Waals surface area contributed by atoms with Gasteiger partial charge in [0.25, 0.3) is 0 Å². The molecule has 0 spiro atoms. The van der Waals surface area contributed by atoms with Gasteiger partial charge in [-0.3, -0.25) is 4.90 Å². The van der Waals surface area contributed by atoms with Crippen LogP contribution in [-0.2, 0) is 19.5 Å². The molecule has 0 bridgehead atoms. The van der Waals surface area contributed by atoms with Crippen molar-refractivity contribution in [3.63, 3.8) is 0 Å². The molecule has 158 valence electrons. The van der Waals surface area contributed by atoms with Crippen molar-refractivity contribution in [1.82, 2.24) is 14.7 Å². The average molecular weight is 398 g/mol. The van der Waals surface area contributed by atoms with E-state index in [0.717, 1.165) is 44.9 Å². The van der Waals surface area contributed by atoms with Crippen molar-refractivity contribution in [1.29, 1.82) is 0 Å². The van der Waals surface area contributed by atoms with Crippen LogP contribution in [0.5, 0.6) is 5.75 Å². The van der Waals surface area contributed by atoms with E-state index in [9.17, 15) is 5.11 Å². The van der Waals surface area contributed by atoms with Crippen LogP contribution in [0.3, 0.4) is 0 Å². The highest BCUT2D eigenvalue weighted by Crippen LogP contribution is 2.19. The molecule has 2 aromatic carbocycles. The first kappa shape index (κ1) is 21.8. The van der Waals surface area contributed by atoms with Crippen LogP contribution in [-0.4, -0.2) is 79.8 Å². The monoisotopic (exact) mass is 397 g/mol. The van der Waals surface area contributed by atoms with Crippen molar-refractivity contribution in [2.24, 2.45) is 0 Å². The Kier molecular flexibility index (Phi) is 8.07. The summed E-state index contributed by atoms with van der Waals surface area (Å²) in [4.78, 5) is 6.81. The standard InChI is InChI=1S/C24H35N3O2/c1-25(2)13-14-26(3)16-20-7-6-10-24(15-20)29-19-23(28)18-27-12-11-21-8-4-5-9-22(21)17-27/h4-10,15,23,28H,11-14,16-19H2,1-3H3/t23-/m0/s1. The molecule has 3 rings (SSSR count). The fraction of sp³-hybridized carbons (Fsp3) is 0.500. The Bertz CT molecular complexity index is 765. The van der Waals surface area contributed by atoms with Gasteiger partial charge < -0.3 is 19.6 Å². The number of nitrogens with zero attached hydrogens (tertiary/aromatic N) is 3. The summed E-state index contributed by atoms with van der Waals surface area (Å²) in [5, 5.41) is 10.5. The van der Waals surface area contributed by atoms with Crippen LogP contribution in [0, 0.1) is 0 Å². The highest BCUT2D eigenvalue weighted by Gasteiger charge is 2.18. The second-order valence-electron chi connectivity index (χ2n) is 8.41. The van der Waals surface area contributed by atoms with Crippen molar-refractivity contribution in [3.05, 3.63) is 65.2 Å². The quantitative estimate of drug-likeness (QED) is 0.667. The molecule has 0 fully saturated rings. The smallest absolute Gasteiger partial charge is 0.119 e. The minimum absolute atomic E-state index is 0.318. The van der Waals surface area contributed by atoms with Gasteiger partial charge >= 0.3 is 0 Å². The summed E-state index contributed by atoms with van der Waals surface area (Å²) in [7, 11) is 6.32. The molecule has 1 atom stereocenters. The lowest BCUT2D eigenvalue weighted by Gasteiger charge is -2.30. The van der Waals surface area contributed by atoms with Crippen molar-refractivity contribution in [3.8, 4) is 5.75 Å². The molecular formula is C24H35N3O2. The molecule has 0 aliphatic carbocycles. The van der Waals surface area contributed by atoms with Gasteiger partial charge in [0.2, 0.25) is 0 Å². The summed E-state index contributed by atoms with van der Waals surface area (Å²) < 4.78 is 5.90. The number of aliphatic hydroxyl groups excluding tert-OH is 1. The predicted octanol–water partition coefficient (Wildman–Crippen LogP) is 2.48. The van der Waals surface area contributed by atoms with Gasteiger partial charge in [0.15, 0.2) is 0 Å². The van der Waals surface area contributed by atoms with E-state index >= 15 is 0 Å². The van der Waals surface area contributed by atoms with Crippen molar-refractivity contribution in [2.45, 2.75) is 25.6 Å². The lowest BCUT2D eigenvalue weighted by Crippen LogP contribution is -2.38. The summed E-state index contributed by atoms with van der Waals surface area (Å²) >= 11 is 0. The summed E-state index contributed by atoms with van der Waals surface area (Å²) in [6.07, 6.45) is 0.555. The Morgan fingerprint density at radius 2 is 1.83 bits per heavy atom. The third-order valence-corrected chi connectivity index (χ3v) is 5.40. The van der Waals surface area contributed by atoms with Gasteiger partial charge in [-0.15, -0.1) is 0 Å². The van der Waals surface area contributed by atoms with E-state index in [4.69, 9.17) is 4.74 Å². The number of benzene rings is 2. The van der Waals surface area contributed by atoms with E-state index in [1.165, 1.54) is 16.7 Å². The average Bonchev–Trinajstić information content (AvgIpc) is 2.71. The van der Waals surface area contributed by atoms with Gasteiger partial charge in [-0.1, -0.05) is 36.4 Å². The molecule has 0 aromatic heterocycles. The van der Waals surface area contributed by atoms with Gasteiger partial charge in [-0.2, -0.15) is 0 Å². The summed E-state index contributed by atoms with van der Waals surface area (Å²) in [5.74, 6) is 0.826. The number of likely N-dealkylation sites (N-methyl/N-ethyl adjacent to an activating group) is 2. The first-order valence-corrected chi connectivity index (χ1v) is 10.5. The molecule has 5 heteroatoms. The van der Waals surface area contributed by atoms with Gasteiger partial charge in [0.05, 0.1) is 0 Å². The highest BCUT2D eigenvalue weighted by atomic mass is 16.5. The van der Waals surface area contributed by atoms with Crippen LogP contribution in [0.25, 0.3) is 0 Å². The SMILES string of the molecule is CN(C)CCN(C)Cc1cccc(OC[C@@H](O)CN2CCc3ccccc3C2)c1. The lowest BCUT2D eigenvalue weighted by atomic mass is 10.00. The normalized spacial score (nSPS) is 15.5. The number of hydrogen-bond acceptors (Lipinski definition) is 5. The largest absolute Gasteiger partial charge is 0.491 e. The molecule has 1 aliphatic heterocycles. The summed E-state index contributed by atoms with van der Waals surface area (Å²) in [6, 6.07) is 16.8. The van der Waals surface area contributed by atoms with E-state index < -0.39 is 6.10 Å². The Morgan fingerprint density at radius 3 is 2.62 bits per heavy atom. The summed E-state index contributed by atoms with van der Waals surface area (Å²) in [5.41, 5.74) is 4.03. The maximum Gasteiger partial charge on any atom is 0.119 e. The highest BCUT2D eigenvalue weighted by molar-refractivity contribution is 5.29. The molecule has 2 aromatic rings.